The fourth-order valence-electron chi connectivity index (χ4n) is 3.60. The first kappa shape index (κ1) is 21.0. The summed E-state index contributed by atoms with van der Waals surface area (Å²) in [5, 5.41) is 0. The second-order valence-corrected chi connectivity index (χ2v) is 7.72. The van der Waals surface area contributed by atoms with Gasteiger partial charge in [0.2, 0.25) is 0 Å². The predicted molar refractivity (Wildman–Crippen MR) is 109 cm³/mol. The van der Waals surface area contributed by atoms with Crippen LogP contribution >= 0.6 is 0 Å². The molecule has 4 amide bonds. The Balaban J connectivity index is 1.47. The van der Waals surface area contributed by atoms with Crippen LogP contribution in [-0.2, 0) is 9.59 Å². The molecule has 0 aromatic heterocycles. The van der Waals surface area contributed by atoms with Gasteiger partial charge in [0.15, 0.2) is 0 Å². The highest BCUT2D eigenvalue weighted by atomic mass is 16.5. The third kappa shape index (κ3) is 5.44. The first-order valence-electron chi connectivity index (χ1n) is 10.2. The maximum Gasteiger partial charge on any atom is 0.335 e. The molecule has 1 heterocycles. The number of aryl methyl sites for hydroxylation is 1. The van der Waals surface area contributed by atoms with Crippen molar-refractivity contribution >= 4 is 17.8 Å². The molecule has 3 rings (SSSR count). The third-order valence-electron chi connectivity index (χ3n) is 5.29. The maximum atomic E-state index is 12.6. The van der Waals surface area contributed by atoms with Crippen molar-refractivity contribution in [2.75, 3.05) is 33.4 Å². The molecule has 0 unspecified atom stereocenters. The van der Waals surface area contributed by atoms with Crippen molar-refractivity contribution in [2.24, 2.45) is 0 Å². The van der Waals surface area contributed by atoms with Crippen molar-refractivity contribution in [3.63, 3.8) is 0 Å². The zero-order valence-corrected chi connectivity index (χ0v) is 17.2. The minimum absolute atomic E-state index is 0.0692. The molecule has 1 aromatic carbocycles. The highest BCUT2D eigenvalue weighted by molar-refractivity contribution is 6.44. The maximum absolute atomic E-state index is 12.6. The van der Waals surface area contributed by atoms with Crippen molar-refractivity contribution in [1.29, 1.82) is 0 Å². The summed E-state index contributed by atoms with van der Waals surface area (Å²) in [6.07, 6.45) is 7.25. The van der Waals surface area contributed by atoms with Gasteiger partial charge in [-0.15, -0.1) is 0 Å². The Kier molecular flexibility index (Phi) is 7.04. The summed E-state index contributed by atoms with van der Waals surface area (Å²) in [7, 11) is 1.79. The quantitative estimate of drug-likeness (QED) is 0.363. The lowest BCUT2D eigenvalue weighted by molar-refractivity contribution is -0.143. The lowest BCUT2D eigenvalue weighted by Gasteiger charge is -2.22. The number of carbonyl (C=O) groups is 3. The van der Waals surface area contributed by atoms with E-state index < -0.39 is 17.8 Å². The topological polar surface area (TPSA) is 70.2 Å². The largest absolute Gasteiger partial charge is 0.492 e. The molecule has 1 aliphatic carbocycles. The lowest BCUT2D eigenvalue weighted by atomic mass is 9.97. The fraction of sp³-hybridized carbons (Fsp3) is 0.500. The van der Waals surface area contributed by atoms with Crippen molar-refractivity contribution in [3.05, 3.63) is 41.5 Å². The number of rotatable bonds is 9. The Bertz CT molecular complexity index is 805. The van der Waals surface area contributed by atoms with E-state index in [2.05, 4.69) is 6.08 Å². The van der Waals surface area contributed by atoms with Crippen LogP contribution in [-0.4, -0.2) is 66.0 Å². The molecule has 156 valence electrons. The van der Waals surface area contributed by atoms with Crippen LogP contribution in [0.1, 0.15) is 37.7 Å². The molecular formula is C22H29N3O4. The molecule has 2 aliphatic rings. The van der Waals surface area contributed by atoms with Crippen LogP contribution in [0.5, 0.6) is 5.75 Å². The van der Waals surface area contributed by atoms with Gasteiger partial charge in [0, 0.05) is 13.1 Å². The molecule has 0 atom stereocenters. The molecule has 7 heteroatoms. The Morgan fingerprint density at radius 3 is 2.62 bits per heavy atom. The summed E-state index contributed by atoms with van der Waals surface area (Å²) in [5.41, 5.74) is 2.39. The van der Waals surface area contributed by atoms with Gasteiger partial charge in [-0.25, -0.2) is 9.69 Å². The highest BCUT2D eigenvalue weighted by Gasteiger charge is 2.44. The molecule has 1 saturated heterocycles. The summed E-state index contributed by atoms with van der Waals surface area (Å²) in [4.78, 5) is 41.0. The standard InChI is InChI=1S/C22H29N3O4/c1-17-7-6-10-19(15-17)29-14-13-23(2)16-25-21(27)20(26)24(22(25)28)12-11-18-8-4-3-5-9-18/h6-8,10,15H,3-5,9,11-14,16H2,1-2H3. The van der Waals surface area contributed by atoms with Gasteiger partial charge in [0.05, 0.1) is 6.67 Å². The minimum atomic E-state index is -0.751. The number of carbonyl (C=O) groups excluding carboxylic acids is 3. The molecule has 0 N–H and O–H groups in total. The number of hydrogen-bond donors (Lipinski definition) is 0. The predicted octanol–water partition coefficient (Wildman–Crippen LogP) is 2.94. The van der Waals surface area contributed by atoms with Crippen LogP contribution in [0.4, 0.5) is 4.79 Å². The van der Waals surface area contributed by atoms with Crippen molar-refractivity contribution in [2.45, 2.75) is 39.0 Å². The first-order chi connectivity index (χ1) is 14.0. The van der Waals surface area contributed by atoms with Crippen LogP contribution in [0.25, 0.3) is 0 Å². The number of hydrogen-bond acceptors (Lipinski definition) is 5. The highest BCUT2D eigenvalue weighted by Crippen LogP contribution is 2.22. The van der Waals surface area contributed by atoms with Crippen molar-refractivity contribution < 1.29 is 19.1 Å². The normalized spacial score (nSPS) is 17.3. The number of likely N-dealkylation sites (N-methyl/N-ethyl adjacent to an activating group) is 1. The smallest absolute Gasteiger partial charge is 0.335 e. The van der Waals surface area contributed by atoms with Crippen LogP contribution in [0.3, 0.4) is 0 Å². The van der Waals surface area contributed by atoms with Gasteiger partial charge in [-0.2, -0.15) is 0 Å². The van der Waals surface area contributed by atoms with Gasteiger partial charge in [0.1, 0.15) is 12.4 Å². The molecule has 1 aliphatic heterocycles. The molecule has 0 saturated carbocycles. The van der Waals surface area contributed by atoms with Crippen LogP contribution in [0, 0.1) is 6.92 Å². The summed E-state index contributed by atoms with van der Waals surface area (Å²) < 4.78 is 5.71. The molecule has 29 heavy (non-hydrogen) atoms. The average molecular weight is 399 g/mol. The zero-order valence-electron chi connectivity index (χ0n) is 17.2. The zero-order chi connectivity index (χ0) is 20.8. The van der Waals surface area contributed by atoms with Crippen molar-refractivity contribution in [3.8, 4) is 5.75 Å². The van der Waals surface area contributed by atoms with Crippen LogP contribution in [0.2, 0.25) is 0 Å². The van der Waals surface area contributed by atoms with E-state index in [4.69, 9.17) is 4.74 Å². The molecule has 1 fully saturated rings. The van der Waals surface area contributed by atoms with E-state index in [1.54, 1.807) is 11.9 Å². The number of benzene rings is 1. The first-order valence-corrected chi connectivity index (χ1v) is 10.2. The van der Waals surface area contributed by atoms with Crippen LogP contribution < -0.4 is 4.74 Å². The fourth-order valence-corrected chi connectivity index (χ4v) is 3.60. The van der Waals surface area contributed by atoms with Gasteiger partial charge in [-0.05, 0) is 63.8 Å². The van der Waals surface area contributed by atoms with E-state index in [-0.39, 0.29) is 13.2 Å². The summed E-state index contributed by atoms with van der Waals surface area (Å²) >= 11 is 0. The number of amides is 4. The second kappa shape index (κ2) is 9.69. The van der Waals surface area contributed by atoms with Gasteiger partial charge >= 0.3 is 17.8 Å². The SMILES string of the molecule is Cc1cccc(OCCN(C)CN2C(=O)C(=O)N(CCC3=CCCCC3)C2=O)c1. The summed E-state index contributed by atoms with van der Waals surface area (Å²) in [6, 6.07) is 7.24. The number of imide groups is 2. The lowest BCUT2D eigenvalue weighted by Crippen LogP contribution is -2.42. The Morgan fingerprint density at radius 2 is 1.90 bits per heavy atom. The van der Waals surface area contributed by atoms with E-state index in [0.717, 1.165) is 40.4 Å². The Hall–Kier alpha value is -2.67. The number of urea groups is 1. The molecule has 0 bridgehead atoms. The molecule has 0 spiro atoms. The second-order valence-electron chi connectivity index (χ2n) is 7.72. The van der Waals surface area contributed by atoms with E-state index >= 15 is 0 Å². The number of nitrogens with zero attached hydrogens (tertiary/aromatic N) is 3. The number of allylic oxidation sites excluding steroid dienone is 1. The van der Waals surface area contributed by atoms with Crippen LogP contribution in [0.15, 0.2) is 35.9 Å². The van der Waals surface area contributed by atoms with E-state index in [9.17, 15) is 14.4 Å². The molecule has 0 radical (unpaired) electrons. The van der Waals surface area contributed by atoms with Gasteiger partial charge in [-0.1, -0.05) is 23.8 Å². The Morgan fingerprint density at radius 1 is 1.10 bits per heavy atom. The third-order valence-corrected chi connectivity index (χ3v) is 5.29. The molecule has 1 aromatic rings. The molecule has 7 nitrogen and oxygen atoms in total. The van der Waals surface area contributed by atoms with Crippen molar-refractivity contribution in [1.82, 2.24) is 14.7 Å². The summed E-state index contributed by atoms with van der Waals surface area (Å²) in [6.45, 7) is 3.27. The minimum Gasteiger partial charge on any atom is -0.492 e. The molecular weight excluding hydrogens is 370 g/mol. The van der Waals surface area contributed by atoms with E-state index in [1.807, 2.05) is 31.2 Å². The monoisotopic (exact) mass is 399 g/mol. The van der Waals surface area contributed by atoms with Gasteiger partial charge < -0.3 is 4.74 Å². The van der Waals surface area contributed by atoms with Gasteiger partial charge in [0.25, 0.3) is 0 Å². The summed E-state index contributed by atoms with van der Waals surface area (Å²) in [5.74, 6) is -0.694. The van der Waals surface area contributed by atoms with Gasteiger partial charge in [-0.3, -0.25) is 19.4 Å². The average Bonchev–Trinajstić information content (AvgIpc) is 2.90. The number of ether oxygens (including phenoxy) is 1. The van der Waals surface area contributed by atoms with E-state index in [0.29, 0.717) is 19.6 Å². The van der Waals surface area contributed by atoms with E-state index in [1.165, 1.54) is 12.0 Å². The Labute approximate surface area is 171 Å².